The summed E-state index contributed by atoms with van der Waals surface area (Å²) in [6.45, 7) is 4.22. The van der Waals surface area contributed by atoms with Crippen molar-refractivity contribution >= 4 is 5.97 Å². The lowest BCUT2D eigenvalue weighted by molar-refractivity contribution is -0.151. The molecule has 1 aliphatic carbocycles. The second kappa shape index (κ2) is 8.17. The van der Waals surface area contributed by atoms with Gasteiger partial charge >= 0.3 is 5.97 Å². The molecule has 2 aromatic rings. The summed E-state index contributed by atoms with van der Waals surface area (Å²) in [5.74, 6) is 0.748. The summed E-state index contributed by atoms with van der Waals surface area (Å²) in [5.41, 5.74) is 1.89. The van der Waals surface area contributed by atoms with Crippen molar-refractivity contribution in [1.29, 1.82) is 0 Å². The number of aromatic nitrogens is 1. The molecule has 6 heteroatoms. The Kier molecular flexibility index (Phi) is 5.87. The first kappa shape index (κ1) is 20.1. The fraction of sp³-hybridized carbons (Fsp3) is 0.500. The van der Waals surface area contributed by atoms with Crippen LogP contribution in [0.4, 0.5) is 0 Å². The second-order valence-corrected chi connectivity index (χ2v) is 7.97. The number of ether oxygens (including phenoxy) is 2. The molecule has 28 heavy (non-hydrogen) atoms. The molecule has 0 saturated heterocycles. The number of rotatable bonds is 7. The maximum Gasteiger partial charge on any atom is 0.311 e. The Bertz CT molecular complexity index is 806. The Hall–Kier alpha value is -2.63. The van der Waals surface area contributed by atoms with Gasteiger partial charge in [0.1, 0.15) is 5.75 Å². The van der Waals surface area contributed by atoms with Crippen LogP contribution in [0.15, 0.2) is 24.3 Å². The standard InChI is InChI=1S/C22H29NO5/c1-22(2,21(26)27-3)13-6-14-28-16-11-9-15(10-12-16)23-19(24)17-7-4-5-8-18(17)20(23)25/h9-12,24-25H,4-8,13-14H2,1-3H3. The average Bonchev–Trinajstić information content (AvgIpc) is 2.96. The fourth-order valence-electron chi connectivity index (χ4n) is 3.79. The van der Waals surface area contributed by atoms with E-state index in [1.54, 1.807) is 0 Å². The van der Waals surface area contributed by atoms with Crippen LogP contribution in [0, 0.1) is 5.41 Å². The molecular formula is C22H29NO5. The van der Waals surface area contributed by atoms with E-state index >= 15 is 0 Å². The molecule has 1 heterocycles. The summed E-state index contributed by atoms with van der Waals surface area (Å²) in [4.78, 5) is 11.7. The number of nitrogens with zero attached hydrogens (tertiary/aromatic N) is 1. The van der Waals surface area contributed by atoms with Gasteiger partial charge in [0.2, 0.25) is 11.8 Å². The lowest BCUT2D eigenvalue weighted by Crippen LogP contribution is -2.26. The molecule has 1 aliphatic rings. The zero-order valence-corrected chi connectivity index (χ0v) is 16.8. The molecule has 0 atom stereocenters. The van der Waals surface area contributed by atoms with E-state index in [0.29, 0.717) is 24.5 Å². The highest BCUT2D eigenvalue weighted by molar-refractivity contribution is 5.75. The third kappa shape index (κ3) is 3.96. The van der Waals surface area contributed by atoms with Gasteiger partial charge in [0.25, 0.3) is 0 Å². The zero-order chi connectivity index (χ0) is 20.3. The molecule has 3 rings (SSSR count). The number of carbonyl (C=O) groups is 1. The van der Waals surface area contributed by atoms with Crippen LogP contribution in [0.3, 0.4) is 0 Å². The predicted molar refractivity (Wildman–Crippen MR) is 106 cm³/mol. The third-order valence-electron chi connectivity index (χ3n) is 5.48. The number of carbonyl (C=O) groups excluding carboxylic acids is 1. The van der Waals surface area contributed by atoms with Crippen molar-refractivity contribution in [2.24, 2.45) is 5.41 Å². The highest BCUT2D eigenvalue weighted by Crippen LogP contribution is 2.40. The minimum Gasteiger partial charge on any atom is -0.494 e. The van der Waals surface area contributed by atoms with E-state index in [9.17, 15) is 15.0 Å². The Morgan fingerprint density at radius 1 is 1.07 bits per heavy atom. The number of methoxy groups -OCH3 is 1. The van der Waals surface area contributed by atoms with Crippen LogP contribution in [0.25, 0.3) is 5.69 Å². The summed E-state index contributed by atoms with van der Waals surface area (Å²) in [7, 11) is 1.40. The number of hydrogen-bond acceptors (Lipinski definition) is 5. The summed E-state index contributed by atoms with van der Waals surface area (Å²) >= 11 is 0. The summed E-state index contributed by atoms with van der Waals surface area (Å²) in [5, 5.41) is 21.1. The second-order valence-electron chi connectivity index (χ2n) is 7.97. The number of esters is 1. The van der Waals surface area contributed by atoms with E-state index in [0.717, 1.165) is 43.2 Å². The molecule has 1 aromatic carbocycles. The Morgan fingerprint density at radius 2 is 1.64 bits per heavy atom. The monoisotopic (exact) mass is 387 g/mol. The van der Waals surface area contributed by atoms with Crippen molar-refractivity contribution in [3.63, 3.8) is 0 Å². The quantitative estimate of drug-likeness (QED) is 0.552. The first-order valence-corrected chi connectivity index (χ1v) is 9.81. The van der Waals surface area contributed by atoms with Gasteiger partial charge in [0.15, 0.2) is 0 Å². The van der Waals surface area contributed by atoms with Crippen LogP contribution in [0.2, 0.25) is 0 Å². The molecule has 0 radical (unpaired) electrons. The topological polar surface area (TPSA) is 80.9 Å². The molecule has 0 amide bonds. The molecule has 0 unspecified atom stereocenters. The smallest absolute Gasteiger partial charge is 0.311 e. The lowest BCUT2D eigenvalue weighted by Gasteiger charge is -2.21. The molecule has 6 nitrogen and oxygen atoms in total. The van der Waals surface area contributed by atoms with Crippen molar-refractivity contribution in [2.75, 3.05) is 13.7 Å². The molecule has 0 spiro atoms. The van der Waals surface area contributed by atoms with E-state index in [4.69, 9.17) is 9.47 Å². The van der Waals surface area contributed by atoms with Crippen LogP contribution in [-0.4, -0.2) is 34.5 Å². The average molecular weight is 387 g/mol. The van der Waals surface area contributed by atoms with Crippen LogP contribution < -0.4 is 4.74 Å². The van der Waals surface area contributed by atoms with Gasteiger partial charge in [0, 0.05) is 11.1 Å². The van der Waals surface area contributed by atoms with Crippen molar-refractivity contribution in [3.05, 3.63) is 35.4 Å². The van der Waals surface area contributed by atoms with Crippen molar-refractivity contribution in [3.8, 4) is 23.2 Å². The Morgan fingerprint density at radius 3 is 2.18 bits per heavy atom. The van der Waals surface area contributed by atoms with Crippen molar-refractivity contribution < 1.29 is 24.5 Å². The van der Waals surface area contributed by atoms with Gasteiger partial charge in [-0.05, 0) is 76.6 Å². The maximum absolute atomic E-state index is 11.7. The van der Waals surface area contributed by atoms with Gasteiger partial charge in [-0.2, -0.15) is 0 Å². The van der Waals surface area contributed by atoms with Gasteiger partial charge in [-0.1, -0.05) is 0 Å². The highest BCUT2D eigenvalue weighted by Gasteiger charge is 2.28. The minimum absolute atomic E-state index is 0.130. The summed E-state index contributed by atoms with van der Waals surface area (Å²) in [6.07, 6.45) is 5.06. The SMILES string of the molecule is COC(=O)C(C)(C)CCCOc1ccc(-n2c(O)c3c(c2O)CCCC3)cc1. The van der Waals surface area contributed by atoms with Crippen LogP contribution in [0.5, 0.6) is 17.5 Å². The van der Waals surface area contributed by atoms with Gasteiger partial charge < -0.3 is 19.7 Å². The largest absolute Gasteiger partial charge is 0.494 e. The van der Waals surface area contributed by atoms with Gasteiger partial charge in [-0.3, -0.25) is 9.36 Å². The molecular weight excluding hydrogens is 358 g/mol. The van der Waals surface area contributed by atoms with Gasteiger partial charge in [0.05, 0.1) is 24.8 Å². The van der Waals surface area contributed by atoms with Gasteiger partial charge in [-0.15, -0.1) is 0 Å². The first-order valence-electron chi connectivity index (χ1n) is 9.81. The highest BCUT2D eigenvalue weighted by atomic mass is 16.5. The molecule has 152 valence electrons. The molecule has 1 aromatic heterocycles. The van der Waals surface area contributed by atoms with Gasteiger partial charge in [-0.25, -0.2) is 0 Å². The fourth-order valence-corrected chi connectivity index (χ4v) is 3.79. The van der Waals surface area contributed by atoms with E-state index in [-0.39, 0.29) is 17.7 Å². The van der Waals surface area contributed by atoms with Crippen molar-refractivity contribution in [1.82, 2.24) is 4.57 Å². The van der Waals surface area contributed by atoms with E-state index in [2.05, 4.69) is 0 Å². The predicted octanol–water partition coefficient (Wildman–Crippen LogP) is 4.13. The first-order chi connectivity index (χ1) is 13.3. The Labute approximate surface area is 165 Å². The third-order valence-corrected chi connectivity index (χ3v) is 5.48. The summed E-state index contributed by atoms with van der Waals surface area (Å²) < 4.78 is 12.1. The normalized spacial score (nSPS) is 13.8. The molecule has 0 aliphatic heterocycles. The van der Waals surface area contributed by atoms with E-state index in [1.165, 1.54) is 11.7 Å². The van der Waals surface area contributed by atoms with Crippen LogP contribution in [0.1, 0.15) is 50.7 Å². The van der Waals surface area contributed by atoms with E-state index in [1.807, 2.05) is 38.1 Å². The number of hydrogen-bond donors (Lipinski definition) is 2. The minimum atomic E-state index is -0.523. The molecule has 0 fully saturated rings. The van der Waals surface area contributed by atoms with Crippen LogP contribution >= 0.6 is 0 Å². The number of aromatic hydroxyl groups is 2. The molecule has 0 saturated carbocycles. The Balaban J connectivity index is 1.62. The number of benzene rings is 1. The van der Waals surface area contributed by atoms with Crippen molar-refractivity contribution in [2.45, 2.75) is 52.4 Å². The van der Waals surface area contributed by atoms with Crippen LogP contribution in [-0.2, 0) is 22.4 Å². The summed E-state index contributed by atoms with van der Waals surface area (Å²) in [6, 6.07) is 7.27. The van der Waals surface area contributed by atoms with E-state index < -0.39 is 5.41 Å². The zero-order valence-electron chi connectivity index (χ0n) is 16.8. The molecule has 2 N–H and O–H groups in total. The lowest BCUT2D eigenvalue weighted by atomic mass is 9.88. The maximum atomic E-state index is 11.7. The number of fused-ring (bicyclic) bond motifs is 1. The molecule has 0 bridgehead atoms.